The summed E-state index contributed by atoms with van der Waals surface area (Å²) in [5, 5.41) is 0.234. The van der Waals surface area contributed by atoms with Crippen LogP contribution in [0.25, 0.3) is 6.08 Å². The highest BCUT2D eigenvalue weighted by Gasteiger charge is 2.35. The second kappa shape index (κ2) is 10.6. The van der Waals surface area contributed by atoms with Gasteiger partial charge in [0.2, 0.25) is 0 Å². The molecule has 0 N–H and O–H groups in total. The minimum atomic E-state index is -0.671. The molecule has 0 saturated carbocycles. The summed E-state index contributed by atoms with van der Waals surface area (Å²) in [5.41, 5.74) is 2.67. The van der Waals surface area contributed by atoms with Crippen molar-refractivity contribution >= 4 is 58.2 Å². The van der Waals surface area contributed by atoms with Gasteiger partial charge in [-0.25, -0.2) is 4.79 Å². The molecule has 1 fully saturated rings. The molecule has 0 bridgehead atoms. The zero-order valence-corrected chi connectivity index (χ0v) is 21.0. The van der Waals surface area contributed by atoms with Gasteiger partial charge in [-0.3, -0.25) is 14.5 Å². The van der Waals surface area contributed by atoms with Crippen molar-refractivity contribution in [3.8, 4) is 11.5 Å². The fourth-order valence-electron chi connectivity index (χ4n) is 3.41. The maximum atomic E-state index is 12.9. The van der Waals surface area contributed by atoms with Crippen LogP contribution >= 0.6 is 35.0 Å². The van der Waals surface area contributed by atoms with Gasteiger partial charge in [0.1, 0.15) is 0 Å². The first-order valence-corrected chi connectivity index (χ1v) is 12.0. The van der Waals surface area contributed by atoms with E-state index in [1.807, 2.05) is 31.2 Å². The van der Waals surface area contributed by atoms with E-state index in [1.54, 1.807) is 24.3 Å². The molecule has 178 valence electrons. The number of imide groups is 1. The van der Waals surface area contributed by atoms with Gasteiger partial charge in [0.25, 0.3) is 11.1 Å². The zero-order valence-electron chi connectivity index (χ0n) is 18.7. The number of ether oxygens (including phenoxy) is 2. The lowest BCUT2D eigenvalue weighted by atomic mass is 10.1. The fraction of sp³-hybridized carbons (Fsp3) is 0.115. The molecule has 0 unspecified atom stereocenters. The largest absolute Gasteiger partial charge is 0.493 e. The number of rotatable bonds is 6. The highest BCUT2D eigenvalue weighted by molar-refractivity contribution is 8.18. The third-order valence-electron chi connectivity index (χ3n) is 5.30. The first kappa shape index (κ1) is 24.9. The number of halogens is 2. The third-order valence-corrected chi connectivity index (χ3v) is 6.76. The molecule has 9 heteroatoms. The Morgan fingerprint density at radius 1 is 1.03 bits per heavy atom. The van der Waals surface area contributed by atoms with Crippen molar-refractivity contribution in [1.29, 1.82) is 0 Å². The van der Waals surface area contributed by atoms with E-state index in [4.69, 9.17) is 32.7 Å². The molecule has 35 heavy (non-hydrogen) atoms. The van der Waals surface area contributed by atoms with E-state index < -0.39 is 5.97 Å². The van der Waals surface area contributed by atoms with Crippen molar-refractivity contribution < 1.29 is 23.9 Å². The summed E-state index contributed by atoms with van der Waals surface area (Å²) in [6.45, 7) is 2.14. The molecule has 2 amide bonds. The number of aryl methyl sites for hydroxylation is 1. The average Bonchev–Trinajstić information content (AvgIpc) is 3.08. The molecular weight excluding hydrogens is 509 g/mol. The van der Waals surface area contributed by atoms with Crippen molar-refractivity contribution in [2.45, 2.75) is 13.5 Å². The lowest BCUT2D eigenvalue weighted by molar-refractivity contribution is -0.123. The van der Waals surface area contributed by atoms with Crippen LogP contribution in [0.1, 0.15) is 27.0 Å². The lowest BCUT2D eigenvalue weighted by Crippen LogP contribution is -2.27. The summed E-state index contributed by atoms with van der Waals surface area (Å²) < 4.78 is 10.8. The summed E-state index contributed by atoms with van der Waals surface area (Å²) in [4.78, 5) is 39.5. The van der Waals surface area contributed by atoms with Crippen molar-refractivity contribution in [3.63, 3.8) is 0 Å². The minimum Gasteiger partial charge on any atom is -0.493 e. The Morgan fingerprint density at radius 3 is 2.51 bits per heavy atom. The van der Waals surface area contributed by atoms with Gasteiger partial charge in [0, 0.05) is 5.02 Å². The number of benzene rings is 3. The molecule has 1 aliphatic heterocycles. The first-order chi connectivity index (χ1) is 16.8. The second-order valence-corrected chi connectivity index (χ2v) is 9.46. The standard InChI is InChI=1S/C26H19Cl2NO5S/c1-15-5-3-4-6-17(15)14-29-24(30)23(35-26(29)32)12-16-7-10-21(22(11-16)33-2)34-25(31)19-9-8-18(27)13-20(19)28/h3-13H,14H2,1-2H3/b23-12-. The van der Waals surface area contributed by atoms with Crippen LogP contribution in [0.4, 0.5) is 4.79 Å². The van der Waals surface area contributed by atoms with Gasteiger partial charge < -0.3 is 9.47 Å². The number of carbonyl (C=O) groups is 3. The molecule has 6 nitrogen and oxygen atoms in total. The lowest BCUT2D eigenvalue weighted by Gasteiger charge is -2.14. The number of amides is 2. The highest BCUT2D eigenvalue weighted by atomic mass is 35.5. The number of carbonyl (C=O) groups excluding carboxylic acids is 3. The zero-order chi connectivity index (χ0) is 25.1. The van der Waals surface area contributed by atoms with Crippen LogP contribution in [-0.4, -0.2) is 29.1 Å². The molecule has 0 aliphatic carbocycles. The van der Waals surface area contributed by atoms with E-state index in [9.17, 15) is 14.4 Å². The third kappa shape index (κ3) is 5.53. The molecule has 1 aliphatic rings. The van der Waals surface area contributed by atoms with Crippen LogP contribution < -0.4 is 9.47 Å². The normalized spacial score (nSPS) is 14.5. The van der Waals surface area contributed by atoms with Crippen LogP contribution in [0.15, 0.2) is 65.6 Å². The Bertz CT molecular complexity index is 1370. The molecule has 1 heterocycles. The molecule has 3 aromatic carbocycles. The maximum Gasteiger partial charge on any atom is 0.345 e. The molecule has 3 aromatic rings. The van der Waals surface area contributed by atoms with Gasteiger partial charge in [-0.1, -0.05) is 53.5 Å². The molecule has 0 aromatic heterocycles. The van der Waals surface area contributed by atoms with Crippen LogP contribution in [-0.2, 0) is 11.3 Å². The number of methoxy groups -OCH3 is 1. The smallest absolute Gasteiger partial charge is 0.345 e. The average molecular weight is 528 g/mol. The topological polar surface area (TPSA) is 72.9 Å². The second-order valence-electron chi connectivity index (χ2n) is 7.62. The minimum absolute atomic E-state index is 0.157. The highest BCUT2D eigenvalue weighted by Crippen LogP contribution is 2.36. The number of hydrogen-bond donors (Lipinski definition) is 0. The van der Waals surface area contributed by atoms with E-state index in [2.05, 4.69) is 0 Å². The summed E-state index contributed by atoms with van der Waals surface area (Å²) in [7, 11) is 1.43. The van der Waals surface area contributed by atoms with Crippen molar-refractivity contribution in [2.24, 2.45) is 0 Å². The number of esters is 1. The summed E-state index contributed by atoms with van der Waals surface area (Å²) in [6.07, 6.45) is 1.60. The van der Waals surface area contributed by atoms with E-state index >= 15 is 0 Å². The number of thioether (sulfide) groups is 1. The quantitative estimate of drug-likeness (QED) is 0.200. The van der Waals surface area contributed by atoms with Crippen molar-refractivity contribution in [1.82, 2.24) is 4.90 Å². The molecule has 0 atom stereocenters. The van der Waals surface area contributed by atoms with Gasteiger partial charge in [0.05, 0.1) is 29.1 Å². The Kier molecular flexibility index (Phi) is 7.50. The van der Waals surface area contributed by atoms with E-state index in [0.29, 0.717) is 15.5 Å². The molecule has 4 rings (SSSR count). The van der Waals surface area contributed by atoms with Crippen LogP contribution in [0.5, 0.6) is 11.5 Å². The molecule has 1 saturated heterocycles. The Hall–Kier alpha value is -3.26. The Labute approximate surface area is 216 Å². The van der Waals surface area contributed by atoms with Crippen molar-refractivity contribution in [3.05, 3.63) is 97.9 Å². The Balaban J connectivity index is 1.53. The number of hydrogen-bond acceptors (Lipinski definition) is 6. The van der Waals surface area contributed by atoms with Gasteiger partial charge >= 0.3 is 5.97 Å². The van der Waals surface area contributed by atoms with Gasteiger partial charge in [-0.05, 0) is 71.8 Å². The SMILES string of the molecule is COc1cc(/C=C2\SC(=O)N(Cc3ccccc3C)C2=O)ccc1OC(=O)c1ccc(Cl)cc1Cl. The first-order valence-electron chi connectivity index (χ1n) is 10.4. The maximum absolute atomic E-state index is 12.9. The van der Waals surface area contributed by atoms with Crippen LogP contribution in [0.2, 0.25) is 10.0 Å². The van der Waals surface area contributed by atoms with Gasteiger partial charge in [-0.2, -0.15) is 0 Å². The predicted molar refractivity (Wildman–Crippen MR) is 137 cm³/mol. The predicted octanol–water partition coefficient (Wildman–Crippen LogP) is 6.77. The van der Waals surface area contributed by atoms with Gasteiger partial charge in [-0.15, -0.1) is 0 Å². The molecule has 0 spiro atoms. The van der Waals surface area contributed by atoms with E-state index in [0.717, 1.165) is 22.9 Å². The molecule has 0 radical (unpaired) electrons. The summed E-state index contributed by atoms with van der Waals surface area (Å²) >= 11 is 12.8. The fourth-order valence-corrected chi connectivity index (χ4v) is 4.74. The molecular formula is C26H19Cl2NO5S. The van der Waals surface area contributed by atoms with Crippen LogP contribution in [0, 0.1) is 6.92 Å². The van der Waals surface area contributed by atoms with E-state index in [-0.39, 0.29) is 39.8 Å². The Morgan fingerprint density at radius 2 is 1.80 bits per heavy atom. The summed E-state index contributed by atoms with van der Waals surface area (Å²) in [5.74, 6) is -0.588. The van der Waals surface area contributed by atoms with Gasteiger partial charge in [0.15, 0.2) is 11.5 Å². The summed E-state index contributed by atoms with van der Waals surface area (Å²) in [6, 6.07) is 16.9. The monoisotopic (exact) mass is 527 g/mol. The number of nitrogens with zero attached hydrogens (tertiary/aromatic N) is 1. The van der Waals surface area contributed by atoms with E-state index in [1.165, 1.54) is 30.2 Å². The van der Waals surface area contributed by atoms with Crippen molar-refractivity contribution in [2.75, 3.05) is 7.11 Å². The van der Waals surface area contributed by atoms with Crippen LogP contribution in [0.3, 0.4) is 0 Å².